The van der Waals surface area contributed by atoms with E-state index in [1.165, 1.54) is 6.42 Å². The molecule has 0 fully saturated rings. The fourth-order valence-corrected chi connectivity index (χ4v) is 2.30. The van der Waals surface area contributed by atoms with Crippen LogP contribution in [0.3, 0.4) is 0 Å². The molecule has 0 aliphatic rings. The van der Waals surface area contributed by atoms with Gasteiger partial charge in [-0.3, -0.25) is 4.79 Å². The van der Waals surface area contributed by atoms with Gasteiger partial charge in [0.15, 0.2) is 0 Å². The molecular weight excluding hydrogens is 313 g/mol. The predicted molar refractivity (Wildman–Crippen MR) is 76.3 cm³/mol. The van der Waals surface area contributed by atoms with Crippen molar-refractivity contribution in [2.24, 2.45) is 0 Å². The molecule has 0 N–H and O–H groups in total. The Morgan fingerprint density at radius 3 is 2.62 bits per heavy atom. The van der Waals surface area contributed by atoms with Gasteiger partial charge < -0.3 is 4.57 Å². The number of pyridine rings is 1. The molecule has 0 aliphatic heterocycles. The number of rotatable bonds is 4. The minimum absolute atomic E-state index is 0.104. The second-order valence-electron chi connectivity index (χ2n) is 3.83. The highest BCUT2D eigenvalue weighted by atomic mass is 127. The number of nitrogens with zero attached hydrogens (tertiary/aromatic N) is 1. The SMILES string of the molecule is O=c1cc2ccccc2cn1CCCCI. The Kier molecular flexibility index (Phi) is 3.98. The van der Waals surface area contributed by atoms with Crippen LogP contribution in [-0.2, 0) is 6.54 Å². The van der Waals surface area contributed by atoms with Crippen LogP contribution < -0.4 is 5.56 Å². The lowest BCUT2D eigenvalue weighted by atomic mass is 10.2. The first kappa shape index (κ1) is 11.6. The first-order chi connectivity index (χ1) is 7.81. The van der Waals surface area contributed by atoms with E-state index in [-0.39, 0.29) is 5.56 Å². The summed E-state index contributed by atoms with van der Waals surface area (Å²) in [5.74, 6) is 0. The number of fused-ring (bicyclic) bond motifs is 1. The van der Waals surface area contributed by atoms with Crippen molar-refractivity contribution in [2.75, 3.05) is 4.43 Å². The van der Waals surface area contributed by atoms with Gasteiger partial charge in [-0.1, -0.05) is 46.9 Å². The Morgan fingerprint density at radius 1 is 1.12 bits per heavy atom. The van der Waals surface area contributed by atoms with E-state index in [0.717, 1.165) is 28.2 Å². The summed E-state index contributed by atoms with van der Waals surface area (Å²) in [5, 5.41) is 2.16. The Morgan fingerprint density at radius 2 is 1.88 bits per heavy atom. The van der Waals surface area contributed by atoms with Crippen molar-refractivity contribution in [3.8, 4) is 0 Å². The standard InChI is InChI=1S/C13H14INO/c14-7-3-4-8-15-10-12-6-2-1-5-11(12)9-13(15)16/h1-2,5-6,9-10H,3-4,7-8H2. The van der Waals surface area contributed by atoms with Crippen molar-refractivity contribution >= 4 is 33.4 Å². The molecule has 2 nitrogen and oxygen atoms in total. The third-order valence-electron chi connectivity index (χ3n) is 2.64. The molecule has 0 aliphatic carbocycles. The van der Waals surface area contributed by atoms with Crippen LogP contribution in [-0.4, -0.2) is 8.99 Å². The molecule has 1 aromatic heterocycles. The second kappa shape index (κ2) is 5.48. The van der Waals surface area contributed by atoms with Gasteiger partial charge in [-0.2, -0.15) is 0 Å². The van der Waals surface area contributed by atoms with E-state index in [0.29, 0.717) is 0 Å². The highest BCUT2D eigenvalue weighted by Gasteiger charge is 1.99. The second-order valence-corrected chi connectivity index (χ2v) is 4.91. The topological polar surface area (TPSA) is 22.0 Å². The van der Waals surface area contributed by atoms with E-state index in [4.69, 9.17) is 0 Å². The zero-order valence-electron chi connectivity index (χ0n) is 9.03. The average molecular weight is 327 g/mol. The van der Waals surface area contributed by atoms with Gasteiger partial charge in [-0.05, 0) is 28.0 Å². The minimum atomic E-state index is 0.104. The van der Waals surface area contributed by atoms with Crippen molar-refractivity contribution in [1.82, 2.24) is 4.57 Å². The van der Waals surface area contributed by atoms with Crippen molar-refractivity contribution in [3.63, 3.8) is 0 Å². The van der Waals surface area contributed by atoms with Gasteiger partial charge in [-0.25, -0.2) is 0 Å². The normalized spacial score (nSPS) is 10.8. The van der Waals surface area contributed by atoms with Crippen LogP contribution in [0.4, 0.5) is 0 Å². The van der Waals surface area contributed by atoms with Crippen molar-refractivity contribution in [3.05, 3.63) is 46.9 Å². The maximum atomic E-state index is 11.8. The van der Waals surface area contributed by atoms with Crippen LogP contribution in [0.2, 0.25) is 0 Å². The van der Waals surface area contributed by atoms with Gasteiger partial charge in [-0.15, -0.1) is 0 Å². The lowest BCUT2D eigenvalue weighted by Crippen LogP contribution is -2.18. The quantitative estimate of drug-likeness (QED) is 0.480. The van der Waals surface area contributed by atoms with Gasteiger partial charge in [0.05, 0.1) is 0 Å². The maximum absolute atomic E-state index is 11.8. The summed E-state index contributed by atoms with van der Waals surface area (Å²) in [4.78, 5) is 11.8. The third-order valence-corrected chi connectivity index (χ3v) is 3.40. The lowest BCUT2D eigenvalue weighted by molar-refractivity contribution is 0.621. The number of aryl methyl sites for hydroxylation is 1. The summed E-state index contributed by atoms with van der Waals surface area (Å²) >= 11 is 2.37. The molecule has 16 heavy (non-hydrogen) atoms. The first-order valence-corrected chi connectivity index (χ1v) is 6.99. The number of hydrogen-bond donors (Lipinski definition) is 0. The molecule has 2 aromatic rings. The molecule has 1 heterocycles. The zero-order valence-corrected chi connectivity index (χ0v) is 11.2. The molecule has 0 saturated heterocycles. The Hall–Kier alpha value is -0.840. The van der Waals surface area contributed by atoms with Crippen LogP contribution >= 0.6 is 22.6 Å². The molecule has 0 saturated carbocycles. The summed E-state index contributed by atoms with van der Waals surface area (Å²) in [7, 11) is 0. The van der Waals surface area contributed by atoms with E-state index in [9.17, 15) is 4.79 Å². The molecule has 0 spiro atoms. The van der Waals surface area contributed by atoms with Gasteiger partial charge in [0.25, 0.3) is 5.56 Å². The highest BCUT2D eigenvalue weighted by molar-refractivity contribution is 14.1. The maximum Gasteiger partial charge on any atom is 0.251 e. The van der Waals surface area contributed by atoms with Crippen molar-refractivity contribution in [2.45, 2.75) is 19.4 Å². The number of halogens is 1. The number of hydrogen-bond acceptors (Lipinski definition) is 1. The fourth-order valence-electron chi connectivity index (χ4n) is 1.76. The van der Waals surface area contributed by atoms with Gasteiger partial charge in [0.1, 0.15) is 0 Å². The average Bonchev–Trinajstić information content (AvgIpc) is 2.30. The minimum Gasteiger partial charge on any atom is -0.315 e. The predicted octanol–water partition coefficient (Wildman–Crippen LogP) is 3.22. The third kappa shape index (κ3) is 2.64. The van der Waals surface area contributed by atoms with Gasteiger partial charge >= 0.3 is 0 Å². The zero-order chi connectivity index (χ0) is 11.4. The largest absolute Gasteiger partial charge is 0.315 e. The van der Waals surface area contributed by atoms with Crippen LogP contribution in [0, 0.1) is 0 Å². The van der Waals surface area contributed by atoms with E-state index >= 15 is 0 Å². The fraction of sp³-hybridized carbons (Fsp3) is 0.308. The molecule has 84 valence electrons. The highest BCUT2D eigenvalue weighted by Crippen LogP contribution is 2.10. The molecule has 0 atom stereocenters. The molecule has 0 radical (unpaired) electrons. The van der Waals surface area contributed by atoms with Gasteiger partial charge in [0, 0.05) is 18.8 Å². The molecular formula is C13H14INO. The molecule has 0 amide bonds. The monoisotopic (exact) mass is 327 g/mol. The van der Waals surface area contributed by atoms with Crippen molar-refractivity contribution < 1.29 is 0 Å². The van der Waals surface area contributed by atoms with Crippen LogP contribution in [0.25, 0.3) is 10.8 Å². The Balaban J connectivity index is 2.31. The Bertz CT molecular complexity index is 533. The summed E-state index contributed by atoms with van der Waals surface area (Å²) in [6.07, 6.45) is 4.20. The number of benzene rings is 1. The molecule has 0 unspecified atom stereocenters. The van der Waals surface area contributed by atoms with Gasteiger partial charge in [0.2, 0.25) is 0 Å². The Labute approximate surface area is 108 Å². The molecule has 1 aromatic carbocycles. The van der Waals surface area contributed by atoms with E-state index in [1.54, 1.807) is 6.07 Å². The summed E-state index contributed by atoms with van der Waals surface area (Å²) in [6, 6.07) is 9.71. The summed E-state index contributed by atoms with van der Waals surface area (Å²) in [6.45, 7) is 0.826. The van der Waals surface area contributed by atoms with Crippen LogP contribution in [0.15, 0.2) is 41.3 Å². The summed E-state index contributed by atoms with van der Waals surface area (Å²) < 4.78 is 2.97. The lowest BCUT2D eigenvalue weighted by Gasteiger charge is -2.06. The van der Waals surface area contributed by atoms with Crippen LogP contribution in [0.5, 0.6) is 0 Å². The number of unbranched alkanes of at least 4 members (excludes halogenated alkanes) is 1. The first-order valence-electron chi connectivity index (χ1n) is 5.46. The van der Waals surface area contributed by atoms with E-state index < -0.39 is 0 Å². The van der Waals surface area contributed by atoms with E-state index in [1.807, 2.05) is 35.0 Å². The number of aromatic nitrogens is 1. The smallest absolute Gasteiger partial charge is 0.251 e. The number of alkyl halides is 1. The molecule has 0 bridgehead atoms. The molecule has 2 rings (SSSR count). The van der Waals surface area contributed by atoms with Crippen molar-refractivity contribution in [1.29, 1.82) is 0 Å². The molecule has 3 heteroatoms. The van der Waals surface area contributed by atoms with Crippen LogP contribution in [0.1, 0.15) is 12.8 Å². The van der Waals surface area contributed by atoms with E-state index in [2.05, 4.69) is 22.6 Å². The summed E-state index contributed by atoms with van der Waals surface area (Å²) in [5.41, 5.74) is 0.104.